The third kappa shape index (κ3) is 3.42. The van der Waals surface area contributed by atoms with Gasteiger partial charge in [-0.2, -0.15) is 4.98 Å². The number of hydrogen-bond donors (Lipinski definition) is 0. The molecule has 0 N–H and O–H groups in total. The van der Waals surface area contributed by atoms with Crippen LogP contribution in [0.5, 0.6) is 0 Å². The van der Waals surface area contributed by atoms with E-state index in [2.05, 4.69) is 19.9 Å². The predicted octanol–water partition coefficient (Wildman–Crippen LogP) is 2.59. The summed E-state index contributed by atoms with van der Waals surface area (Å²) in [5, 5.41) is 4.85. The summed E-state index contributed by atoms with van der Waals surface area (Å²) in [6.45, 7) is 5.37. The Morgan fingerprint density at radius 1 is 1.22 bits per heavy atom. The van der Waals surface area contributed by atoms with Crippen molar-refractivity contribution in [3.63, 3.8) is 0 Å². The molecule has 2 fully saturated rings. The van der Waals surface area contributed by atoms with Gasteiger partial charge in [-0.1, -0.05) is 35.0 Å². The maximum absolute atomic E-state index is 6.19. The average molecular weight is 333 g/mol. The quantitative estimate of drug-likeness (QED) is 0.861. The van der Waals surface area contributed by atoms with Gasteiger partial charge in [-0.15, -0.1) is 0 Å². The highest BCUT2D eigenvalue weighted by Crippen LogP contribution is 2.22. The first-order valence-corrected chi connectivity index (χ1v) is 8.67. The minimum absolute atomic E-state index is 0.611. The molecule has 23 heavy (non-hydrogen) atoms. The first-order valence-electron chi connectivity index (χ1n) is 8.29. The highest BCUT2D eigenvalue weighted by atomic mass is 35.5. The van der Waals surface area contributed by atoms with Gasteiger partial charge in [0.2, 0.25) is 5.89 Å². The predicted molar refractivity (Wildman–Crippen MR) is 88.4 cm³/mol. The van der Waals surface area contributed by atoms with Crippen LogP contribution in [-0.4, -0.2) is 52.2 Å². The monoisotopic (exact) mass is 332 g/mol. The van der Waals surface area contributed by atoms with Crippen LogP contribution in [0, 0.1) is 0 Å². The van der Waals surface area contributed by atoms with E-state index in [1.807, 2.05) is 24.3 Å². The van der Waals surface area contributed by atoms with Gasteiger partial charge in [0.05, 0.1) is 6.54 Å². The smallest absolute Gasteiger partial charge is 0.240 e. The zero-order chi connectivity index (χ0) is 15.6. The van der Waals surface area contributed by atoms with Crippen molar-refractivity contribution < 1.29 is 4.52 Å². The molecule has 3 heterocycles. The normalized spacial score (nSPS) is 22.4. The SMILES string of the molecule is Clc1ccccc1Cc1noc(CN2CCN3CCCC3C2)n1. The van der Waals surface area contributed by atoms with Gasteiger partial charge in [-0.25, -0.2) is 0 Å². The molecule has 2 aromatic rings. The van der Waals surface area contributed by atoms with E-state index >= 15 is 0 Å². The summed E-state index contributed by atoms with van der Waals surface area (Å²) in [5.41, 5.74) is 1.03. The molecule has 1 aromatic carbocycles. The van der Waals surface area contributed by atoms with Crippen LogP contribution in [0.3, 0.4) is 0 Å². The van der Waals surface area contributed by atoms with Crippen LogP contribution < -0.4 is 0 Å². The van der Waals surface area contributed by atoms with E-state index in [1.54, 1.807) is 0 Å². The molecule has 1 aromatic heterocycles. The van der Waals surface area contributed by atoms with Gasteiger partial charge < -0.3 is 4.52 Å². The molecule has 0 aliphatic carbocycles. The lowest BCUT2D eigenvalue weighted by Gasteiger charge is -2.36. The van der Waals surface area contributed by atoms with Crippen molar-refractivity contribution >= 4 is 11.6 Å². The van der Waals surface area contributed by atoms with Crippen LogP contribution in [0.1, 0.15) is 30.1 Å². The summed E-state index contributed by atoms with van der Waals surface area (Å²) >= 11 is 6.19. The Morgan fingerprint density at radius 3 is 3.04 bits per heavy atom. The molecule has 4 rings (SSSR count). The summed E-state index contributed by atoms with van der Waals surface area (Å²) < 4.78 is 5.43. The molecule has 0 spiro atoms. The minimum atomic E-state index is 0.611. The average Bonchev–Trinajstić information content (AvgIpc) is 3.18. The third-order valence-corrected chi connectivity index (χ3v) is 5.22. The van der Waals surface area contributed by atoms with Crippen molar-refractivity contribution in [2.75, 3.05) is 26.2 Å². The zero-order valence-electron chi connectivity index (χ0n) is 13.1. The maximum Gasteiger partial charge on any atom is 0.240 e. The van der Waals surface area contributed by atoms with Crippen molar-refractivity contribution in [3.05, 3.63) is 46.6 Å². The lowest BCUT2D eigenvalue weighted by atomic mass is 10.1. The maximum atomic E-state index is 6.19. The van der Waals surface area contributed by atoms with Gasteiger partial charge in [0.15, 0.2) is 5.82 Å². The van der Waals surface area contributed by atoms with E-state index in [0.29, 0.717) is 24.2 Å². The molecular weight excluding hydrogens is 312 g/mol. The minimum Gasteiger partial charge on any atom is -0.338 e. The van der Waals surface area contributed by atoms with Crippen molar-refractivity contribution in [2.24, 2.45) is 0 Å². The van der Waals surface area contributed by atoms with E-state index in [0.717, 1.165) is 36.8 Å². The molecule has 1 atom stereocenters. The van der Waals surface area contributed by atoms with Gasteiger partial charge in [0.25, 0.3) is 0 Å². The van der Waals surface area contributed by atoms with Gasteiger partial charge in [-0.3, -0.25) is 9.80 Å². The van der Waals surface area contributed by atoms with Gasteiger partial charge >= 0.3 is 0 Å². The molecule has 2 aliphatic heterocycles. The summed E-state index contributed by atoms with van der Waals surface area (Å²) in [5.74, 6) is 1.41. The van der Waals surface area contributed by atoms with Crippen LogP contribution in [0.15, 0.2) is 28.8 Å². The van der Waals surface area contributed by atoms with E-state index in [1.165, 1.54) is 19.4 Å². The Bertz CT molecular complexity index is 674. The molecule has 1 unspecified atom stereocenters. The van der Waals surface area contributed by atoms with Crippen molar-refractivity contribution in [1.82, 2.24) is 19.9 Å². The number of aromatic nitrogens is 2. The van der Waals surface area contributed by atoms with E-state index in [9.17, 15) is 0 Å². The van der Waals surface area contributed by atoms with E-state index in [-0.39, 0.29) is 0 Å². The van der Waals surface area contributed by atoms with Crippen LogP contribution in [0.25, 0.3) is 0 Å². The number of nitrogens with zero attached hydrogens (tertiary/aromatic N) is 4. The standard InChI is InChI=1S/C17H21ClN4O/c18-15-6-2-1-4-13(15)10-16-19-17(23-20-16)12-21-8-9-22-7-3-5-14(22)11-21/h1-2,4,6,14H,3,5,7-12H2. The Kier molecular flexibility index (Phi) is 4.33. The summed E-state index contributed by atoms with van der Waals surface area (Å²) in [6, 6.07) is 8.50. The number of hydrogen-bond acceptors (Lipinski definition) is 5. The number of piperazine rings is 1. The van der Waals surface area contributed by atoms with Crippen molar-refractivity contribution in [3.8, 4) is 0 Å². The lowest BCUT2D eigenvalue weighted by Crippen LogP contribution is -2.49. The lowest BCUT2D eigenvalue weighted by molar-refractivity contribution is 0.0908. The second kappa shape index (κ2) is 6.59. The molecule has 0 saturated carbocycles. The molecular formula is C17H21ClN4O. The molecule has 2 saturated heterocycles. The summed E-state index contributed by atoms with van der Waals surface area (Å²) in [7, 11) is 0. The first kappa shape index (κ1) is 15.1. The molecule has 122 valence electrons. The van der Waals surface area contributed by atoms with Crippen LogP contribution in [-0.2, 0) is 13.0 Å². The molecule has 0 bridgehead atoms. The number of halogens is 1. The summed E-state index contributed by atoms with van der Waals surface area (Å²) in [6.07, 6.45) is 3.26. The van der Waals surface area contributed by atoms with Crippen LogP contribution >= 0.6 is 11.6 Å². The summed E-state index contributed by atoms with van der Waals surface area (Å²) in [4.78, 5) is 9.57. The van der Waals surface area contributed by atoms with Gasteiger partial charge in [-0.05, 0) is 31.0 Å². The third-order valence-electron chi connectivity index (χ3n) is 4.85. The van der Waals surface area contributed by atoms with E-state index in [4.69, 9.17) is 16.1 Å². The molecule has 0 radical (unpaired) electrons. The highest BCUT2D eigenvalue weighted by Gasteiger charge is 2.31. The Hall–Kier alpha value is -1.43. The molecule has 0 amide bonds. The molecule has 2 aliphatic rings. The number of benzene rings is 1. The molecule has 6 heteroatoms. The number of rotatable bonds is 4. The van der Waals surface area contributed by atoms with E-state index < -0.39 is 0 Å². The fraction of sp³-hybridized carbons (Fsp3) is 0.529. The number of fused-ring (bicyclic) bond motifs is 1. The highest BCUT2D eigenvalue weighted by molar-refractivity contribution is 6.31. The Labute approximate surface area is 141 Å². The largest absolute Gasteiger partial charge is 0.338 e. The Morgan fingerprint density at radius 2 is 2.13 bits per heavy atom. The van der Waals surface area contributed by atoms with Crippen molar-refractivity contribution in [1.29, 1.82) is 0 Å². The van der Waals surface area contributed by atoms with Crippen molar-refractivity contribution in [2.45, 2.75) is 31.8 Å². The van der Waals surface area contributed by atoms with Gasteiger partial charge in [0, 0.05) is 37.1 Å². The second-order valence-corrected chi connectivity index (χ2v) is 6.85. The van der Waals surface area contributed by atoms with Crippen LogP contribution in [0.2, 0.25) is 5.02 Å². The fourth-order valence-corrected chi connectivity index (χ4v) is 3.83. The van der Waals surface area contributed by atoms with Crippen LogP contribution in [0.4, 0.5) is 0 Å². The zero-order valence-corrected chi connectivity index (χ0v) is 13.9. The second-order valence-electron chi connectivity index (χ2n) is 6.44. The topological polar surface area (TPSA) is 45.4 Å². The first-order chi connectivity index (χ1) is 11.3. The fourth-order valence-electron chi connectivity index (χ4n) is 3.63. The Balaban J connectivity index is 1.37. The van der Waals surface area contributed by atoms with Gasteiger partial charge in [0.1, 0.15) is 0 Å². The molecule has 5 nitrogen and oxygen atoms in total.